The van der Waals surface area contributed by atoms with Crippen LogP contribution in [0.5, 0.6) is 0 Å². The number of nitrogens with zero attached hydrogens (tertiary/aromatic N) is 3. The van der Waals surface area contributed by atoms with Crippen LogP contribution in [0.15, 0.2) is 57.9 Å². The first kappa shape index (κ1) is 24.9. The molecule has 9 heteroatoms. The lowest BCUT2D eigenvalue weighted by Crippen LogP contribution is -2.32. The summed E-state index contributed by atoms with van der Waals surface area (Å²) >= 11 is 3.33. The number of para-hydroxylation sites is 1. The molecule has 182 valence electrons. The van der Waals surface area contributed by atoms with Crippen LogP contribution in [0, 0.1) is 11.8 Å². The SMILES string of the molecule is CCN(C)c1nc(NCC2CCC(CNS(=O)(=O)c3ccccc3Br)CC2)nc2ccccc12. The molecule has 1 heterocycles. The first-order valence-corrected chi connectivity index (χ1v) is 14.1. The molecule has 0 saturated heterocycles. The molecule has 34 heavy (non-hydrogen) atoms. The number of sulfonamides is 1. The Morgan fingerprint density at radius 2 is 1.62 bits per heavy atom. The van der Waals surface area contributed by atoms with Crippen LogP contribution in [-0.2, 0) is 10.0 Å². The molecule has 1 aliphatic carbocycles. The number of fused-ring (bicyclic) bond motifs is 1. The molecule has 4 rings (SSSR count). The Morgan fingerprint density at radius 3 is 2.32 bits per heavy atom. The third kappa shape index (κ3) is 5.87. The first-order valence-electron chi connectivity index (χ1n) is 11.8. The minimum absolute atomic E-state index is 0.288. The average Bonchev–Trinajstić information content (AvgIpc) is 2.86. The first-order chi connectivity index (χ1) is 16.4. The second kappa shape index (κ2) is 11.0. The lowest BCUT2D eigenvalue weighted by molar-refractivity contribution is 0.284. The van der Waals surface area contributed by atoms with Gasteiger partial charge in [0, 0.05) is 36.5 Å². The van der Waals surface area contributed by atoms with E-state index in [0.29, 0.717) is 28.8 Å². The van der Waals surface area contributed by atoms with Gasteiger partial charge in [-0.05, 0) is 84.6 Å². The van der Waals surface area contributed by atoms with Crippen molar-refractivity contribution in [3.05, 3.63) is 53.0 Å². The van der Waals surface area contributed by atoms with Gasteiger partial charge in [-0.2, -0.15) is 4.98 Å². The monoisotopic (exact) mass is 545 g/mol. The van der Waals surface area contributed by atoms with Crippen molar-refractivity contribution >= 4 is 48.6 Å². The Kier molecular flexibility index (Phi) is 8.06. The van der Waals surface area contributed by atoms with E-state index in [1.54, 1.807) is 18.2 Å². The Hall–Kier alpha value is -2.23. The quantitative estimate of drug-likeness (QED) is 0.391. The van der Waals surface area contributed by atoms with Crippen LogP contribution >= 0.6 is 15.9 Å². The summed E-state index contributed by atoms with van der Waals surface area (Å²) in [4.78, 5) is 11.9. The van der Waals surface area contributed by atoms with Gasteiger partial charge < -0.3 is 10.2 Å². The van der Waals surface area contributed by atoms with Gasteiger partial charge in [-0.1, -0.05) is 24.3 Å². The Bertz CT molecular complexity index is 1230. The van der Waals surface area contributed by atoms with Crippen molar-refractivity contribution in [2.75, 3.05) is 36.9 Å². The lowest BCUT2D eigenvalue weighted by Gasteiger charge is -2.29. The highest BCUT2D eigenvalue weighted by molar-refractivity contribution is 9.10. The van der Waals surface area contributed by atoms with E-state index in [1.807, 2.05) is 31.3 Å². The maximum absolute atomic E-state index is 12.6. The van der Waals surface area contributed by atoms with E-state index < -0.39 is 10.0 Å². The van der Waals surface area contributed by atoms with Crippen molar-refractivity contribution in [2.45, 2.75) is 37.5 Å². The molecule has 1 saturated carbocycles. The second-order valence-electron chi connectivity index (χ2n) is 8.95. The molecule has 3 aromatic rings. The van der Waals surface area contributed by atoms with E-state index in [1.165, 1.54) is 0 Å². The highest BCUT2D eigenvalue weighted by atomic mass is 79.9. The second-order valence-corrected chi connectivity index (χ2v) is 11.5. The molecule has 0 spiro atoms. The number of halogens is 1. The number of benzene rings is 2. The van der Waals surface area contributed by atoms with E-state index >= 15 is 0 Å². The summed E-state index contributed by atoms with van der Waals surface area (Å²) in [5.41, 5.74) is 0.941. The van der Waals surface area contributed by atoms with Crippen molar-refractivity contribution in [3.63, 3.8) is 0 Å². The van der Waals surface area contributed by atoms with Crippen molar-refractivity contribution in [1.29, 1.82) is 0 Å². The van der Waals surface area contributed by atoms with Crippen LogP contribution in [0.3, 0.4) is 0 Å². The van der Waals surface area contributed by atoms with Crippen LogP contribution in [-0.4, -0.2) is 45.1 Å². The summed E-state index contributed by atoms with van der Waals surface area (Å²) in [5.74, 6) is 2.49. The van der Waals surface area contributed by atoms with Crippen LogP contribution in [0.1, 0.15) is 32.6 Å². The van der Waals surface area contributed by atoms with E-state index in [4.69, 9.17) is 9.97 Å². The highest BCUT2D eigenvalue weighted by Gasteiger charge is 2.24. The number of aromatic nitrogens is 2. The summed E-state index contributed by atoms with van der Waals surface area (Å²) in [6, 6.07) is 15.0. The summed E-state index contributed by atoms with van der Waals surface area (Å²) in [6.07, 6.45) is 4.13. The highest BCUT2D eigenvalue weighted by Crippen LogP contribution is 2.30. The fraction of sp³-hybridized carbons (Fsp3) is 0.440. The lowest BCUT2D eigenvalue weighted by atomic mass is 9.82. The maximum atomic E-state index is 12.6. The van der Waals surface area contributed by atoms with Crippen LogP contribution in [0.2, 0.25) is 0 Å². The molecule has 0 bridgehead atoms. The zero-order valence-corrected chi connectivity index (χ0v) is 22.1. The zero-order valence-electron chi connectivity index (χ0n) is 19.7. The van der Waals surface area contributed by atoms with Gasteiger partial charge in [-0.15, -0.1) is 0 Å². The standard InChI is InChI=1S/C25H32BrN5O2S/c1-3-31(2)24-20-8-4-6-10-22(20)29-25(30-24)27-16-18-12-14-19(15-13-18)17-28-34(32,33)23-11-7-5-9-21(23)26/h4-11,18-19,28H,3,12-17H2,1-2H3,(H,27,29,30). The van der Waals surface area contributed by atoms with Crippen molar-refractivity contribution < 1.29 is 8.42 Å². The number of anilines is 2. The predicted octanol–water partition coefficient (Wildman–Crippen LogP) is 5.05. The summed E-state index contributed by atoms with van der Waals surface area (Å²) in [5, 5.41) is 4.52. The normalized spacial score (nSPS) is 18.7. The molecule has 1 aliphatic rings. The van der Waals surface area contributed by atoms with E-state index in [9.17, 15) is 8.42 Å². The number of hydrogen-bond acceptors (Lipinski definition) is 6. The number of nitrogens with one attached hydrogen (secondary N) is 2. The summed E-state index contributed by atoms with van der Waals surface area (Å²) < 4.78 is 28.7. The minimum atomic E-state index is -3.51. The largest absolute Gasteiger partial charge is 0.359 e. The topological polar surface area (TPSA) is 87.2 Å². The molecule has 1 aromatic heterocycles. The molecular formula is C25H32BrN5O2S. The van der Waals surface area contributed by atoms with Gasteiger partial charge in [0.15, 0.2) is 0 Å². The fourth-order valence-corrected chi connectivity index (χ4v) is 6.54. The van der Waals surface area contributed by atoms with Gasteiger partial charge in [0.05, 0.1) is 10.4 Å². The van der Waals surface area contributed by atoms with Gasteiger partial charge in [0.2, 0.25) is 16.0 Å². The Labute approximate surface area is 210 Å². The van der Waals surface area contributed by atoms with Gasteiger partial charge in [0.25, 0.3) is 0 Å². The molecule has 0 aliphatic heterocycles. The maximum Gasteiger partial charge on any atom is 0.241 e. The van der Waals surface area contributed by atoms with Gasteiger partial charge in [-0.3, -0.25) is 0 Å². The molecule has 7 nitrogen and oxygen atoms in total. The number of hydrogen-bond donors (Lipinski definition) is 2. The molecule has 2 N–H and O–H groups in total. The Morgan fingerprint density at radius 1 is 0.971 bits per heavy atom. The van der Waals surface area contributed by atoms with E-state index in [2.05, 4.69) is 43.9 Å². The number of rotatable bonds is 9. The van der Waals surface area contributed by atoms with Gasteiger partial charge in [-0.25, -0.2) is 18.1 Å². The molecule has 2 aromatic carbocycles. The molecule has 0 amide bonds. The van der Waals surface area contributed by atoms with Crippen LogP contribution in [0.4, 0.5) is 11.8 Å². The van der Waals surface area contributed by atoms with Crippen molar-refractivity contribution in [1.82, 2.24) is 14.7 Å². The molecule has 0 radical (unpaired) electrons. The van der Waals surface area contributed by atoms with Crippen LogP contribution < -0.4 is 14.9 Å². The molecular weight excluding hydrogens is 514 g/mol. The fourth-order valence-electron chi connectivity index (χ4n) is 4.42. The van der Waals surface area contributed by atoms with Gasteiger partial charge >= 0.3 is 0 Å². The van der Waals surface area contributed by atoms with E-state index in [-0.39, 0.29) is 4.90 Å². The summed E-state index contributed by atoms with van der Waals surface area (Å²) in [6.45, 7) is 4.28. The Balaban J connectivity index is 1.30. The minimum Gasteiger partial charge on any atom is -0.359 e. The van der Waals surface area contributed by atoms with Crippen molar-refractivity contribution in [3.8, 4) is 0 Å². The smallest absolute Gasteiger partial charge is 0.241 e. The predicted molar refractivity (Wildman–Crippen MR) is 142 cm³/mol. The molecule has 1 fully saturated rings. The van der Waals surface area contributed by atoms with Crippen LogP contribution in [0.25, 0.3) is 10.9 Å². The molecule has 0 unspecified atom stereocenters. The van der Waals surface area contributed by atoms with E-state index in [0.717, 1.165) is 55.5 Å². The third-order valence-electron chi connectivity index (χ3n) is 6.62. The average molecular weight is 547 g/mol. The third-order valence-corrected chi connectivity index (χ3v) is 9.06. The van der Waals surface area contributed by atoms with Gasteiger partial charge in [0.1, 0.15) is 5.82 Å². The van der Waals surface area contributed by atoms with Crippen molar-refractivity contribution in [2.24, 2.45) is 11.8 Å². The summed E-state index contributed by atoms with van der Waals surface area (Å²) in [7, 11) is -1.47. The molecule has 0 atom stereocenters. The zero-order chi connectivity index (χ0) is 24.1.